The molecule has 0 spiro atoms. The van der Waals surface area contributed by atoms with Gasteiger partial charge >= 0.3 is 0 Å². The van der Waals surface area contributed by atoms with Crippen LogP contribution in [0.15, 0.2) is 54.7 Å². The zero-order valence-corrected chi connectivity index (χ0v) is 15.5. The average Bonchev–Trinajstić information content (AvgIpc) is 3.12. The van der Waals surface area contributed by atoms with Crippen LogP contribution in [0.4, 0.5) is 4.39 Å². The predicted octanol–water partition coefficient (Wildman–Crippen LogP) is 5.04. The molecule has 1 N–H and O–H groups in total. The second-order valence-corrected chi connectivity index (χ2v) is 7.42. The monoisotopic (exact) mass is 364 g/mol. The molecule has 1 aliphatic heterocycles. The Labute approximate surface area is 159 Å². The van der Waals surface area contributed by atoms with Gasteiger partial charge in [0.2, 0.25) is 5.91 Å². The van der Waals surface area contributed by atoms with Crippen molar-refractivity contribution in [2.75, 3.05) is 13.1 Å². The van der Waals surface area contributed by atoms with Gasteiger partial charge in [-0.1, -0.05) is 30.3 Å². The van der Waals surface area contributed by atoms with Crippen molar-refractivity contribution < 1.29 is 9.18 Å². The van der Waals surface area contributed by atoms with E-state index in [0.717, 1.165) is 44.3 Å². The van der Waals surface area contributed by atoms with Crippen molar-refractivity contribution in [1.82, 2.24) is 9.88 Å². The summed E-state index contributed by atoms with van der Waals surface area (Å²) < 4.78 is 13.1. The van der Waals surface area contributed by atoms with Gasteiger partial charge < -0.3 is 9.88 Å². The zero-order chi connectivity index (χ0) is 18.6. The molecule has 0 aliphatic carbocycles. The number of H-pyrrole nitrogens is 1. The quantitative estimate of drug-likeness (QED) is 0.677. The van der Waals surface area contributed by atoms with E-state index in [9.17, 15) is 9.18 Å². The number of amides is 1. The van der Waals surface area contributed by atoms with Crippen molar-refractivity contribution in [3.05, 3.63) is 71.7 Å². The molecule has 1 aromatic heterocycles. The predicted molar refractivity (Wildman–Crippen MR) is 106 cm³/mol. The third-order valence-electron chi connectivity index (χ3n) is 5.70. The summed E-state index contributed by atoms with van der Waals surface area (Å²) in [4.78, 5) is 17.8. The molecule has 3 nitrogen and oxygen atoms in total. The number of para-hydroxylation sites is 1. The number of piperidine rings is 1. The fourth-order valence-electron chi connectivity index (χ4n) is 4.12. The second-order valence-electron chi connectivity index (χ2n) is 7.42. The van der Waals surface area contributed by atoms with Crippen LogP contribution in [0.3, 0.4) is 0 Å². The molecular weight excluding hydrogens is 339 g/mol. The normalized spacial score (nSPS) is 15.4. The molecule has 0 unspecified atom stereocenters. The number of nitrogens with zero attached hydrogens (tertiary/aromatic N) is 1. The molecule has 4 rings (SSSR count). The summed E-state index contributed by atoms with van der Waals surface area (Å²) >= 11 is 0. The van der Waals surface area contributed by atoms with E-state index in [1.54, 1.807) is 0 Å². The first-order valence-electron chi connectivity index (χ1n) is 9.79. The highest BCUT2D eigenvalue weighted by Gasteiger charge is 2.23. The minimum Gasteiger partial charge on any atom is -0.361 e. The Morgan fingerprint density at radius 2 is 1.81 bits per heavy atom. The van der Waals surface area contributed by atoms with Crippen molar-refractivity contribution in [1.29, 1.82) is 0 Å². The van der Waals surface area contributed by atoms with E-state index in [4.69, 9.17) is 0 Å². The molecule has 140 valence electrons. The molecule has 3 aromatic rings. The molecule has 1 amide bonds. The smallest absolute Gasteiger partial charge is 0.222 e. The first kappa shape index (κ1) is 17.8. The van der Waals surface area contributed by atoms with Crippen molar-refractivity contribution in [3.63, 3.8) is 0 Å². The van der Waals surface area contributed by atoms with E-state index >= 15 is 0 Å². The molecule has 0 saturated carbocycles. The van der Waals surface area contributed by atoms with Crippen LogP contribution in [0.2, 0.25) is 0 Å². The van der Waals surface area contributed by atoms with Crippen LogP contribution >= 0.6 is 0 Å². The van der Waals surface area contributed by atoms with E-state index in [1.807, 2.05) is 23.1 Å². The number of rotatable bonds is 5. The summed E-state index contributed by atoms with van der Waals surface area (Å²) in [6, 6.07) is 15.1. The fraction of sp³-hybridized carbons (Fsp3) is 0.348. The molecule has 2 heterocycles. The van der Waals surface area contributed by atoms with Crippen LogP contribution in [0.5, 0.6) is 0 Å². The van der Waals surface area contributed by atoms with Crippen LogP contribution in [-0.4, -0.2) is 28.9 Å². The van der Waals surface area contributed by atoms with Crippen LogP contribution in [0.1, 0.15) is 42.7 Å². The number of halogens is 1. The highest BCUT2D eigenvalue weighted by molar-refractivity contribution is 5.83. The van der Waals surface area contributed by atoms with Gasteiger partial charge in [0.15, 0.2) is 0 Å². The Hall–Kier alpha value is -2.62. The van der Waals surface area contributed by atoms with Gasteiger partial charge in [-0.25, -0.2) is 4.39 Å². The lowest BCUT2D eigenvalue weighted by atomic mass is 9.89. The Bertz CT molecular complexity index is 908. The zero-order valence-electron chi connectivity index (χ0n) is 15.5. The Morgan fingerprint density at radius 1 is 1.07 bits per heavy atom. The first-order valence-corrected chi connectivity index (χ1v) is 9.79. The number of aromatic nitrogens is 1. The summed E-state index contributed by atoms with van der Waals surface area (Å²) in [5, 5.41) is 1.25. The number of aromatic amines is 1. The number of benzene rings is 2. The average molecular weight is 364 g/mol. The number of carbonyl (C=O) groups is 1. The largest absolute Gasteiger partial charge is 0.361 e. The lowest BCUT2D eigenvalue weighted by Gasteiger charge is -2.32. The third kappa shape index (κ3) is 4.05. The lowest BCUT2D eigenvalue weighted by Crippen LogP contribution is -2.37. The Morgan fingerprint density at radius 3 is 2.59 bits per heavy atom. The lowest BCUT2D eigenvalue weighted by molar-refractivity contribution is -0.132. The summed E-state index contributed by atoms with van der Waals surface area (Å²) in [7, 11) is 0. The Kier molecular flexibility index (Phi) is 5.23. The Balaban J connectivity index is 1.25. The molecule has 4 heteroatoms. The number of nitrogens with one attached hydrogen (secondary N) is 1. The maximum atomic E-state index is 13.1. The molecule has 1 saturated heterocycles. The van der Waals surface area contributed by atoms with E-state index in [1.165, 1.54) is 28.6 Å². The van der Waals surface area contributed by atoms with Gasteiger partial charge in [0.05, 0.1) is 0 Å². The minimum absolute atomic E-state index is 0.193. The topological polar surface area (TPSA) is 36.1 Å². The molecule has 1 aliphatic rings. The molecule has 0 atom stereocenters. The second kappa shape index (κ2) is 7.95. The number of hydrogen-bond donors (Lipinski definition) is 1. The summed E-state index contributed by atoms with van der Waals surface area (Å²) in [6.45, 7) is 1.60. The van der Waals surface area contributed by atoms with Crippen molar-refractivity contribution in [3.8, 4) is 0 Å². The van der Waals surface area contributed by atoms with Gasteiger partial charge in [-0.3, -0.25) is 4.79 Å². The number of fused-ring (bicyclic) bond motifs is 1. The van der Waals surface area contributed by atoms with E-state index < -0.39 is 0 Å². The van der Waals surface area contributed by atoms with Crippen LogP contribution < -0.4 is 0 Å². The maximum absolute atomic E-state index is 13.1. The molecule has 0 radical (unpaired) electrons. The van der Waals surface area contributed by atoms with E-state index in [0.29, 0.717) is 12.3 Å². The highest BCUT2D eigenvalue weighted by atomic mass is 19.1. The number of carbonyl (C=O) groups excluding carboxylic acids is 1. The molecule has 2 aromatic carbocycles. The van der Waals surface area contributed by atoms with Gasteiger partial charge in [0.1, 0.15) is 5.82 Å². The molecule has 0 bridgehead atoms. The molecule has 27 heavy (non-hydrogen) atoms. The van der Waals surface area contributed by atoms with Gasteiger partial charge in [0.25, 0.3) is 0 Å². The number of hydrogen-bond acceptors (Lipinski definition) is 1. The molecular formula is C23H25FN2O. The van der Waals surface area contributed by atoms with Crippen molar-refractivity contribution in [2.45, 2.75) is 38.0 Å². The molecule has 1 fully saturated rings. The van der Waals surface area contributed by atoms with Crippen LogP contribution in [0.25, 0.3) is 10.9 Å². The fourth-order valence-corrected chi connectivity index (χ4v) is 4.12. The standard InChI is InChI=1S/C23H25FN2O/c24-20-10-8-17(9-11-20)18-12-14-26(15-13-18)23(27)7-3-4-19-16-25-22-6-2-1-5-21(19)22/h1-2,5-6,8-11,16,18,25H,3-4,7,12-15H2. The summed E-state index contributed by atoms with van der Waals surface area (Å²) in [6.07, 6.45) is 6.37. The van der Waals surface area contributed by atoms with Crippen LogP contribution in [-0.2, 0) is 11.2 Å². The van der Waals surface area contributed by atoms with Gasteiger partial charge in [-0.2, -0.15) is 0 Å². The third-order valence-corrected chi connectivity index (χ3v) is 5.70. The minimum atomic E-state index is -0.193. The van der Waals surface area contributed by atoms with E-state index in [2.05, 4.69) is 29.4 Å². The summed E-state index contributed by atoms with van der Waals surface area (Å²) in [5.41, 5.74) is 3.62. The highest BCUT2D eigenvalue weighted by Crippen LogP contribution is 2.28. The summed E-state index contributed by atoms with van der Waals surface area (Å²) in [5.74, 6) is 0.495. The van der Waals surface area contributed by atoms with Gasteiger partial charge in [0, 0.05) is 36.6 Å². The van der Waals surface area contributed by atoms with Gasteiger partial charge in [-0.05, 0) is 60.9 Å². The number of aryl methyl sites for hydroxylation is 1. The maximum Gasteiger partial charge on any atom is 0.222 e. The van der Waals surface area contributed by atoms with Crippen molar-refractivity contribution in [2.24, 2.45) is 0 Å². The van der Waals surface area contributed by atoms with E-state index in [-0.39, 0.29) is 11.7 Å². The van der Waals surface area contributed by atoms with Gasteiger partial charge in [-0.15, -0.1) is 0 Å². The number of likely N-dealkylation sites (tertiary alicyclic amines) is 1. The van der Waals surface area contributed by atoms with Crippen LogP contribution in [0, 0.1) is 5.82 Å². The van der Waals surface area contributed by atoms with Crippen molar-refractivity contribution >= 4 is 16.8 Å². The SMILES string of the molecule is O=C(CCCc1c[nH]c2ccccc12)N1CCC(c2ccc(F)cc2)CC1. The first-order chi connectivity index (χ1) is 13.2.